The topological polar surface area (TPSA) is 50.7 Å². The molecule has 0 radical (unpaired) electrons. The van der Waals surface area contributed by atoms with Crippen LogP contribution >= 0.6 is 11.6 Å². The molecule has 2 aliphatic rings. The zero-order valence-corrected chi connectivity index (χ0v) is 16.0. The molecule has 0 aromatic carbocycles. The van der Waals surface area contributed by atoms with Crippen molar-refractivity contribution in [1.29, 1.82) is 0 Å². The van der Waals surface area contributed by atoms with E-state index in [1.807, 2.05) is 14.1 Å². The number of likely N-dealkylation sites (N-methyl/N-ethyl adjacent to an activating group) is 2. The number of rotatable bonds is 6. The molecule has 2 atom stereocenters. The normalized spacial score (nSPS) is 24.1. The Balaban J connectivity index is 1.64. The largest absolute Gasteiger partial charge is 0.376 e. The third-order valence-electron chi connectivity index (χ3n) is 4.92. The van der Waals surface area contributed by atoms with Crippen LogP contribution in [-0.2, 0) is 9.47 Å². The van der Waals surface area contributed by atoms with Gasteiger partial charge in [0, 0.05) is 40.4 Å². The van der Waals surface area contributed by atoms with Gasteiger partial charge in [0.15, 0.2) is 5.82 Å². The van der Waals surface area contributed by atoms with Gasteiger partial charge in [-0.1, -0.05) is 11.6 Å². The number of hydrogen-bond acceptors (Lipinski definition) is 6. The van der Waals surface area contributed by atoms with Crippen molar-refractivity contribution in [2.75, 3.05) is 50.2 Å². The lowest BCUT2D eigenvalue weighted by Crippen LogP contribution is -2.36. The monoisotopic (exact) mass is 368 g/mol. The molecule has 7 heteroatoms. The molecule has 0 amide bonds. The fourth-order valence-electron chi connectivity index (χ4n) is 3.48. The molecule has 2 fully saturated rings. The van der Waals surface area contributed by atoms with Crippen molar-refractivity contribution < 1.29 is 9.47 Å². The zero-order chi connectivity index (χ0) is 17.6. The lowest BCUT2D eigenvalue weighted by Gasteiger charge is -2.30. The Labute approximate surface area is 155 Å². The van der Waals surface area contributed by atoms with Gasteiger partial charge in [0.25, 0.3) is 0 Å². The van der Waals surface area contributed by atoms with Crippen molar-refractivity contribution in [3.63, 3.8) is 0 Å². The number of anilines is 2. The maximum absolute atomic E-state index is 6.35. The highest BCUT2D eigenvalue weighted by Crippen LogP contribution is 2.26. The summed E-state index contributed by atoms with van der Waals surface area (Å²) in [5.41, 5.74) is 0. The Kier molecular flexibility index (Phi) is 6.73. The average Bonchev–Trinajstić information content (AvgIpc) is 2.63. The van der Waals surface area contributed by atoms with Crippen LogP contribution in [-0.4, -0.2) is 62.6 Å². The van der Waals surface area contributed by atoms with Gasteiger partial charge in [-0.25, -0.2) is 4.98 Å². The molecule has 3 heterocycles. The molecule has 25 heavy (non-hydrogen) atoms. The van der Waals surface area contributed by atoms with Crippen molar-refractivity contribution in [3.8, 4) is 0 Å². The van der Waals surface area contributed by atoms with Crippen molar-refractivity contribution >= 4 is 23.4 Å². The first-order chi connectivity index (χ1) is 12.1. The molecule has 2 aliphatic heterocycles. The number of ether oxygens (including phenoxy) is 2. The van der Waals surface area contributed by atoms with Crippen molar-refractivity contribution in [2.24, 2.45) is 0 Å². The maximum Gasteiger partial charge on any atom is 0.227 e. The number of nitrogens with zero attached hydrogens (tertiary/aromatic N) is 4. The third kappa shape index (κ3) is 5.19. The quantitative estimate of drug-likeness (QED) is 0.768. The molecule has 1 aromatic heterocycles. The van der Waals surface area contributed by atoms with Crippen LogP contribution in [0.4, 0.5) is 11.8 Å². The lowest BCUT2D eigenvalue weighted by atomic mass is 10.1. The number of hydrogen-bond donors (Lipinski definition) is 0. The smallest absolute Gasteiger partial charge is 0.227 e. The van der Waals surface area contributed by atoms with E-state index in [1.54, 1.807) is 6.20 Å². The maximum atomic E-state index is 6.35. The molecule has 140 valence electrons. The first-order valence-electron chi connectivity index (χ1n) is 9.31. The van der Waals surface area contributed by atoms with E-state index in [4.69, 9.17) is 26.1 Å². The number of aromatic nitrogens is 2. The van der Waals surface area contributed by atoms with E-state index in [2.05, 4.69) is 14.8 Å². The van der Waals surface area contributed by atoms with E-state index in [1.165, 1.54) is 12.8 Å². The van der Waals surface area contributed by atoms with Crippen LogP contribution in [0.5, 0.6) is 0 Å². The van der Waals surface area contributed by atoms with Crippen LogP contribution < -0.4 is 9.80 Å². The van der Waals surface area contributed by atoms with Crippen molar-refractivity contribution in [2.45, 2.75) is 50.7 Å². The fourth-order valence-corrected chi connectivity index (χ4v) is 3.72. The van der Waals surface area contributed by atoms with Gasteiger partial charge in [0.1, 0.15) is 5.02 Å². The van der Waals surface area contributed by atoms with Crippen LogP contribution in [0.3, 0.4) is 0 Å². The van der Waals surface area contributed by atoms with E-state index in [-0.39, 0.29) is 12.2 Å². The minimum atomic E-state index is 0.251. The van der Waals surface area contributed by atoms with Gasteiger partial charge in [-0.15, -0.1) is 0 Å². The molecule has 0 saturated carbocycles. The molecule has 0 unspecified atom stereocenters. The van der Waals surface area contributed by atoms with Crippen LogP contribution in [0, 0.1) is 0 Å². The predicted molar refractivity (Wildman–Crippen MR) is 101 cm³/mol. The summed E-state index contributed by atoms with van der Waals surface area (Å²) in [6, 6.07) is 0. The molecular formula is C18H29ClN4O2. The second-order valence-electron chi connectivity index (χ2n) is 7.08. The first kappa shape index (κ1) is 18.7. The molecule has 1 aromatic rings. The van der Waals surface area contributed by atoms with Crippen LogP contribution in [0.25, 0.3) is 0 Å². The molecule has 0 bridgehead atoms. The highest BCUT2D eigenvalue weighted by Gasteiger charge is 2.21. The van der Waals surface area contributed by atoms with Crippen LogP contribution in [0.15, 0.2) is 6.20 Å². The van der Waals surface area contributed by atoms with Crippen LogP contribution in [0.2, 0.25) is 5.02 Å². The van der Waals surface area contributed by atoms with Gasteiger partial charge >= 0.3 is 0 Å². The minimum Gasteiger partial charge on any atom is -0.376 e. The molecule has 2 saturated heterocycles. The highest BCUT2D eigenvalue weighted by molar-refractivity contribution is 6.32. The Morgan fingerprint density at radius 3 is 2.16 bits per heavy atom. The fraction of sp³-hybridized carbons (Fsp3) is 0.778. The molecule has 0 spiro atoms. The summed E-state index contributed by atoms with van der Waals surface area (Å²) >= 11 is 6.35. The molecule has 0 N–H and O–H groups in total. The summed E-state index contributed by atoms with van der Waals surface area (Å²) in [7, 11) is 4.02. The van der Waals surface area contributed by atoms with E-state index >= 15 is 0 Å². The Hall–Kier alpha value is -1.11. The van der Waals surface area contributed by atoms with Gasteiger partial charge in [-0.3, -0.25) is 0 Å². The minimum absolute atomic E-state index is 0.251. The number of halogens is 1. The van der Waals surface area contributed by atoms with E-state index in [0.717, 1.165) is 57.8 Å². The Bertz CT molecular complexity index is 548. The lowest BCUT2D eigenvalue weighted by molar-refractivity contribution is 0.0214. The third-order valence-corrected chi connectivity index (χ3v) is 5.19. The average molecular weight is 369 g/mol. The second kappa shape index (κ2) is 9.01. The predicted octanol–water partition coefficient (Wildman–Crippen LogP) is 3.14. The van der Waals surface area contributed by atoms with Gasteiger partial charge < -0.3 is 19.3 Å². The summed E-state index contributed by atoms with van der Waals surface area (Å²) in [4.78, 5) is 13.2. The molecular weight excluding hydrogens is 340 g/mol. The summed E-state index contributed by atoms with van der Waals surface area (Å²) in [6.45, 7) is 3.31. The van der Waals surface area contributed by atoms with Gasteiger partial charge in [0.05, 0.1) is 18.4 Å². The van der Waals surface area contributed by atoms with Crippen molar-refractivity contribution in [1.82, 2.24) is 9.97 Å². The van der Waals surface area contributed by atoms with Gasteiger partial charge in [0.2, 0.25) is 5.95 Å². The molecule has 6 nitrogen and oxygen atoms in total. The van der Waals surface area contributed by atoms with Gasteiger partial charge in [-0.05, 0) is 38.5 Å². The Morgan fingerprint density at radius 1 is 1.00 bits per heavy atom. The summed E-state index contributed by atoms with van der Waals surface area (Å²) in [5, 5.41) is 0.573. The van der Waals surface area contributed by atoms with E-state index in [9.17, 15) is 0 Å². The Morgan fingerprint density at radius 2 is 1.60 bits per heavy atom. The molecule has 0 aliphatic carbocycles. The van der Waals surface area contributed by atoms with Gasteiger partial charge in [-0.2, -0.15) is 4.98 Å². The molecule has 3 rings (SSSR count). The van der Waals surface area contributed by atoms with Crippen LogP contribution in [0.1, 0.15) is 38.5 Å². The summed E-state index contributed by atoms with van der Waals surface area (Å²) < 4.78 is 11.7. The van der Waals surface area contributed by atoms with Crippen molar-refractivity contribution in [3.05, 3.63) is 11.2 Å². The first-order valence-corrected chi connectivity index (χ1v) is 9.69. The zero-order valence-electron chi connectivity index (χ0n) is 15.3. The summed E-state index contributed by atoms with van der Waals surface area (Å²) in [6.07, 6.45) is 9.18. The van der Waals surface area contributed by atoms with E-state index < -0.39 is 0 Å². The highest BCUT2D eigenvalue weighted by atomic mass is 35.5. The standard InChI is InChI=1S/C18H29ClN4O2/c1-22(12-14-7-3-5-9-24-14)17-16(19)11-20-18(21-17)23(2)13-15-8-4-6-10-25-15/h11,14-15H,3-10,12-13H2,1-2H3/t14-,15+/m0/s1. The van der Waals surface area contributed by atoms with E-state index in [0.29, 0.717) is 11.0 Å². The SMILES string of the molecule is CN(C[C@H]1CCCCO1)c1ncc(Cl)c(N(C)C[C@@H]2CCCCO2)n1. The summed E-state index contributed by atoms with van der Waals surface area (Å²) in [5.74, 6) is 1.45. The second-order valence-corrected chi connectivity index (χ2v) is 7.49.